The van der Waals surface area contributed by atoms with Crippen molar-refractivity contribution in [1.29, 1.82) is 0 Å². The number of rotatable bonds is 4. The summed E-state index contributed by atoms with van der Waals surface area (Å²) in [5.74, 6) is -1.19. The van der Waals surface area contributed by atoms with Crippen molar-refractivity contribution in [3.05, 3.63) is 28.7 Å². The Bertz CT molecular complexity index is 512. The van der Waals surface area contributed by atoms with E-state index < -0.39 is 22.0 Å². The van der Waals surface area contributed by atoms with Crippen molar-refractivity contribution < 1.29 is 18.3 Å². The molecule has 7 heteroatoms. The summed E-state index contributed by atoms with van der Waals surface area (Å²) in [6.45, 7) is 1.32. The number of carbonyl (C=O) groups is 1. The average molecular weight is 322 g/mol. The predicted octanol–water partition coefficient (Wildman–Crippen LogP) is 1.54. The highest BCUT2D eigenvalue weighted by molar-refractivity contribution is 9.10. The first kappa shape index (κ1) is 14.1. The molecule has 0 radical (unpaired) electrons. The van der Waals surface area contributed by atoms with E-state index in [-0.39, 0.29) is 4.90 Å². The Morgan fingerprint density at radius 2 is 1.82 bits per heavy atom. The lowest BCUT2D eigenvalue weighted by Crippen LogP contribution is -2.40. The van der Waals surface area contributed by atoms with Gasteiger partial charge in [-0.05, 0) is 31.2 Å². The Hall–Kier alpha value is -0.920. The number of nitrogens with zero attached hydrogens (tertiary/aromatic N) is 1. The molecule has 0 aliphatic rings. The van der Waals surface area contributed by atoms with E-state index in [9.17, 15) is 13.2 Å². The SMILES string of the molecule is CC(C(=O)O)N(C)S(=O)(=O)c1ccc(Br)cc1. The lowest BCUT2D eigenvalue weighted by molar-refractivity contribution is -0.140. The molecule has 17 heavy (non-hydrogen) atoms. The molecule has 0 amide bonds. The van der Waals surface area contributed by atoms with E-state index in [2.05, 4.69) is 15.9 Å². The molecule has 0 heterocycles. The summed E-state index contributed by atoms with van der Waals surface area (Å²) in [4.78, 5) is 10.8. The second-order valence-electron chi connectivity index (χ2n) is 3.49. The van der Waals surface area contributed by atoms with E-state index in [0.29, 0.717) is 0 Å². The first-order valence-electron chi connectivity index (χ1n) is 4.73. The van der Waals surface area contributed by atoms with Gasteiger partial charge in [0, 0.05) is 11.5 Å². The third-order valence-corrected chi connectivity index (χ3v) is 4.86. The Kier molecular flexibility index (Phi) is 4.29. The van der Waals surface area contributed by atoms with Gasteiger partial charge in [0.2, 0.25) is 10.0 Å². The molecule has 0 saturated carbocycles. The molecule has 0 bridgehead atoms. The zero-order valence-corrected chi connectivity index (χ0v) is 11.7. The van der Waals surface area contributed by atoms with Crippen LogP contribution in [0.25, 0.3) is 0 Å². The number of halogens is 1. The van der Waals surface area contributed by atoms with Gasteiger partial charge >= 0.3 is 5.97 Å². The van der Waals surface area contributed by atoms with Gasteiger partial charge < -0.3 is 5.11 Å². The number of hydrogen-bond acceptors (Lipinski definition) is 3. The molecule has 0 aromatic heterocycles. The Morgan fingerprint density at radius 3 is 2.24 bits per heavy atom. The molecule has 1 unspecified atom stereocenters. The maximum Gasteiger partial charge on any atom is 0.321 e. The molecule has 1 atom stereocenters. The van der Waals surface area contributed by atoms with Crippen LogP contribution in [0.4, 0.5) is 0 Å². The van der Waals surface area contributed by atoms with Gasteiger partial charge in [0.1, 0.15) is 6.04 Å². The van der Waals surface area contributed by atoms with Gasteiger partial charge in [0.25, 0.3) is 0 Å². The van der Waals surface area contributed by atoms with Gasteiger partial charge in [-0.1, -0.05) is 15.9 Å². The maximum absolute atomic E-state index is 12.0. The zero-order valence-electron chi connectivity index (χ0n) is 9.29. The van der Waals surface area contributed by atoms with Crippen LogP contribution in [-0.2, 0) is 14.8 Å². The van der Waals surface area contributed by atoms with Crippen molar-refractivity contribution >= 4 is 31.9 Å². The third kappa shape index (κ3) is 3.05. The van der Waals surface area contributed by atoms with Crippen molar-refractivity contribution in [3.8, 4) is 0 Å². The fourth-order valence-electron chi connectivity index (χ4n) is 1.14. The Labute approximate surface area is 108 Å². The molecule has 1 aromatic rings. The molecule has 1 aromatic carbocycles. The number of carboxylic acid groups (broad SMARTS) is 1. The van der Waals surface area contributed by atoms with E-state index in [1.165, 1.54) is 26.1 Å². The van der Waals surface area contributed by atoms with E-state index in [1.807, 2.05) is 0 Å². The van der Waals surface area contributed by atoms with Crippen molar-refractivity contribution in [2.75, 3.05) is 7.05 Å². The summed E-state index contributed by atoms with van der Waals surface area (Å²) in [5, 5.41) is 8.79. The van der Waals surface area contributed by atoms with Crippen LogP contribution in [0.5, 0.6) is 0 Å². The molecule has 1 rings (SSSR count). The van der Waals surface area contributed by atoms with Crippen LogP contribution in [-0.4, -0.2) is 36.9 Å². The first-order chi connectivity index (χ1) is 7.76. The van der Waals surface area contributed by atoms with E-state index in [0.717, 1.165) is 8.78 Å². The van der Waals surface area contributed by atoms with Crippen molar-refractivity contribution in [2.24, 2.45) is 0 Å². The highest BCUT2D eigenvalue weighted by Crippen LogP contribution is 2.19. The van der Waals surface area contributed by atoms with Gasteiger partial charge in [0.05, 0.1) is 4.90 Å². The first-order valence-corrected chi connectivity index (χ1v) is 6.96. The minimum Gasteiger partial charge on any atom is -0.480 e. The van der Waals surface area contributed by atoms with Gasteiger partial charge in [-0.2, -0.15) is 4.31 Å². The molecule has 0 saturated heterocycles. The van der Waals surface area contributed by atoms with Crippen molar-refractivity contribution in [1.82, 2.24) is 4.31 Å². The minimum atomic E-state index is -3.77. The number of aliphatic carboxylic acids is 1. The highest BCUT2D eigenvalue weighted by atomic mass is 79.9. The molecule has 0 spiro atoms. The van der Waals surface area contributed by atoms with E-state index in [1.54, 1.807) is 12.1 Å². The summed E-state index contributed by atoms with van der Waals surface area (Å²) in [7, 11) is -2.52. The fourth-order valence-corrected chi connectivity index (χ4v) is 2.72. The van der Waals surface area contributed by atoms with E-state index >= 15 is 0 Å². The lowest BCUT2D eigenvalue weighted by atomic mass is 10.4. The van der Waals surface area contributed by atoms with Crippen LogP contribution in [0, 0.1) is 0 Å². The third-order valence-electron chi connectivity index (χ3n) is 2.39. The summed E-state index contributed by atoms with van der Waals surface area (Å²) in [6, 6.07) is 4.91. The molecule has 1 N–H and O–H groups in total. The molecule has 5 nitrogen and oxygen atoms in total. The van der Waals surface area contributed by atoms with Gasteiger partial charge in [0.15, 0.2) is 0 Å². The number of hydrogen-bond donors (Lipinski definition) is 1. The second kappa shape index (κ2) is 5.16. The van der Waals surface area contributed by atoms with Gasteiger partial charge in [-0.3, -0.25) is 4.79 Å². The van der Waals surface area contributed by atoms with Crippen LogP contribution in [0.1, 0.15) is 6.92 Å². The summed E-state index contributed by atoms with van der Waals surface area (Å²) < 4.78 is 25.7. The number of likely N-dealkylation sites (N-methyl/N-ethyl adjacent to an activating group) is 1. The zero-order chi connectivity index (χ0) is 13.2. The van der Waals surface area contributed by atoms with Gasteiger partial charge in [-0.15, -0.1) is 0 Å². The summed E-state index contributed by atoms with van der Waals surface area (Å²) >= 11 is 3.20. The number of carboxylic acids is 1. The maximum atomic E-state index is 12.0. The second-order valence-corrected chi connectivity index (χ2v) is 6.40. The Morgan fingerprint density at radius 1 is 1.35 bits per heavy atom. The van der Waals surface area contributed by atoms with Crippen LogP contribution in [0.15, 0.2) is 33.6 Å². The normalized spacial score (nSPS) is 13.6. The fraction of sp³-hybridized carbons (Fsp3) is 0.300. The standard InChI is InChI=1S/C10H12BrNO4S/c1-7(10(13)14)12(2)17(15,16)9-5-3-8(11)4-6-9/h3-7H,1-2H3,(H,13,14). The predicted molar refractivity (Wildman–Crippen MR) is 66.2 cm³/mol. The van der Waals surface area contributed by atoms with Crippen LogP contribution in [0.3, 0.4) is 0 Å². The van der Waals surface area contributed by atoms with Gasteiger partial charge in [-0.25, -0.2) is 8.42 Å². The van der Waals surface area contributed by atoms with E-state index in [4.69, 9.17) is 5.11 Å². The summed E-state index contributed by atoms with van der Waals surface area (Å²) in [5.41, 5.74) is 0. The molecular weight excluding hydrogens is 310 g/mol. The summed E-state index contributed by atoms with van der Waals surface area (Å²) in [6.07, 6.45) is 0. The van der Waals surface area contributed by atoms with Crippen LogP contribution < -0.4 is 0 Å². The smallest absolute Gasteiger partial charge is 0.321 e. The quantitative estimate of drug-likeness (QED) is 0.912. The number of benzene rings is 1. The monoisotopic (exact) mass is 321 g/mol. The lowest BCUT2D eigenvalue weighted by Gasteiger charge is -2.20. The highest BCUT2D eigenvalue weighted by Gasteiger charge is 2.29. The van der Waals surface area contributed by atoms with Crippen molar-refractivity contribution in [3.63, 3.8) is 0 Å². The minimum absolute atomic E-state index is 0.0660. The molecular formula is C10H12BrNO4S. The van der Waals surface area contributed by atoms with Crippen LogP contribution >= 0.6 is 15.9 Å². The molecule has 94 valence electrons. The Balaban J connectivity index is 3.11. The molecule has 0 aliphatic carbocycles. The average Bonchev–Trinajstić information content (AvgIpc) is 2.27. The van der Waals surface area contributed by atoms with Crippen molar-refractivity contribution in [2.45, 2.75) is 17.9 Å². The number of sulfonamides is 1. The largest absolute Gasteiger partial charge is 0.480 e. The topological polar surface area (TPSA) is 74.7 Å². The molecule has 0 fully saturated rings. The van der Waals surface area contributed by atoms with Crippen LogP contribution in [0.2, 0.25) is 0 Å². The molecule has 0 aliphatic heterocycles.